The van der Waals surface area contributed by atoms with Crippen molar-refractivity contribution >= 4 is 0 Å². The summed E-state index contributed by atoms with van der Waals surface area (Å²) in [5, 5.41) is 3.36. The highest BCUT2D eigenvalue weighted by atomic mass is 19.2. The summed E-state index contributed by atoms with van der Waals surface area (Å²) in [4.78, 5) is 8.12. The molecule has 0 aliphatic heterocycles. The lowest BCUT2D eigenvalue weighted by Gasteiger charge is -2.18. The minimum atomic E-state index is -0.825. The molecule has 0 fully saturated rings. The van der Waals surface area contributed by atoms with E-state index in [9.17, 15) is 8.78 Å². The average Bonchev–Trinajstić information content (AvgIpc) is 2.48. The highest BCUT2D eigenvalue weighted by molar-refractivity contribution is 5.21. The molecule has 0 amide bonds. The molecule has 0 bridgehead atoms. The maximum absolute atomic E-state index is 13.3. The first-order valence-corrected chi connectivity index (χ1v) is 6.64. The van der Waals surface area contributed by atoms with E-state index in [2.05, 4.69) is 22.2 Å². The number of benzene rings is 1. The van der Waals surface area contributed by atoms with Crippen LogP contribution in [-0.4, -0.2) is 16.5 Å². The maximum atomic E-state index is 13.3. The third kappa shape index (κ3) is 3.81. The number of nitrogens with zero attached hydrogens (tertiary/aromatic N) is 2. The molecule has 1 N–H and O–H groups in total. The lowest BCUT2D eigenvalue weighted by molar-refractivity contribution is 0.497. The summed E-state index contributed by atoms with van der Waals surface area (Å²) in [6.45, 7) is 2.90. The van der Waals surface area contributed by atoms with Gasteiger partial charge in [0.05, 0.1) is 11.7 Å². The van der Waals surface area contributed by atoms with Crippen molar-refractivity contribution in [2.45, 2.75) is 25.8 Å². The first-order chi connectivity index (χ1) is 9.70. The van der Waals surface area contributed by atoms with Crippen LogP contribution in [0, 0.1) is 11.6 Å². The molecule has 3 nitrogen and oxygen atoms in total. The zero-order valence-corrected chi connectivity index (χ0v) is 11.3. The highest BCUT2D eigenvalue weighted by Gasteiger charge is 2.14. The van der Waals surface area contributed by atoms with Crippen LogP contribution in [0.2, 0.25) is 0 Å². The predicted octanol–water partition coefficient (Wildman–Crippen LogP) is 3.04. The molecule has 20 heavy (non-hydrogen) atoms. The smallest absolute Gasteiger partial charge is 0.159 e. The van der Waals surface area contributed by atoms with Crippen LogP contribution in [0.3, 0.4) is 0 Å². The summed E-state index contributed by atoms with van der Waals surface area (Å²) in [7, 11) is 0. The topological polar surface area (TPSA) is 37.8 Å². The van der Waals surface area contributed by atoms with Gasteiger partial charge in [-0.25, -0.2) is 18.7 Å². The summed E-state index contributed by atoms with van der Waals surface area (Å²) < 4.78 is 26.2. The fourth-order valence-electron chi connectivity index (χ4n) is 2.01. The lowest BCUT2D eigenvalue weighted by Crippen LogP contribution is -2.25. The molecule has 0 aliphatic rings. The maximum Gasteiger partial charge on any atom is 0.159 e. The normalized spacial score (nSPS) is 12.3. The molecule has 1 aromatic heterocycles. The van der Waals surface area contributed by atoms with Crippen LogP contribution in [0.15, 0.2) is 36.8 Å². The molecule has 1 unspecified atom stereocenters. The Hall–Kier alpha value is -1.88. The number of aromatic nitrogens is 2. The van der Waals surface area contributed by atoms with Gasteiger partial charge in [0.25, 0.3) is 0 Å². The summed E-state index contributed by atoms with van der Waals surface area (Å²) in [6.07, 6.45) is 4.70. The van der Waals surface area contributed by atoms with Crippen molar-refractivity contribution in [2.24, 2.45) is 0 Å². The van der Waals surface area contributed by atoms with Gasteiger partial charge in [-0.15, -0.1) is 0 Å². The second kappa shape index (κ2) is 7.05. The van der Waals surface area contributed by atoms with Crippen molar-refractivity contribution in [2.75, 3.05) is 6.54 Å². The van der Waals surface area contributed by atoms with E-state index in [4.69, 9.17) is 0 Å². The van der Waals surface area contributed by atoms with Crippen molar-refractivity contribution in [3.63, 3.8) is 0 Å². The second-order valence-electron chi connectivity index (χ2n) is 4.59. The lowest BCUT2D eigenvalue weighted by atomic mass is 10.0. The van der Waals surface area contributed by atoms with Crippen LogP contribution in [0.25, 0.3) is 0 Å². The molecule has 5 heteroatoms. The number of nitrogens with one attached hydrogen (secondary N) is 1. The Bertz CT molecular complexity index is 546. The molecule has 0 radical (unpaired) electrons. The Labute approximate surface area is 117 Å². The Kier molecular flexibility index (Phi) is 5.12. The number of rotatable bonds is 6. The zero-order valence-electron chi connectivity index (χ0n) is 11.3. The van der Waals surface area contributed by atoms with E-state index >= 15 is 0 Å². The molecule has 0 saturated carbocycles. The van der Waals surface area contributed by atoms with E-state index in [0.717, 1.165) is 30.3 Å². The van der Waals surface area contributed by atoms with Crippen molar-refractivity contribution in [1.29, 1.82) is 0 Å². The molecule has 2 aromatic rings. The van der Waals surface area contributed by atoms with E-state index < -0.39 is 11.6 Å². The first kappa shape index (κ1) is 14.5. The van der Waals surface area contributed by atoms with Crippen LogP contribution in [0.1, 0.15) is 30.6 Å². The minimum absolute atomic E-state index is 0.0391. The van der Waals surface area contributed by atoms with Crippen LogP contribution >= 0.6 is 0 Å². The average molecular weight is 277 g/mol. The van der Waals surface area contributed by atoms with Crippen molar-refractivity contribution in [3.8, 4) is 0 Å². The monoisotopic (exact) mass is 277 g/mol. The molecule has 0 aliphatic carbocycles. The van der Waals surface area contributed by atoms with E-state index in [1.807, 2.05) is 6.07 Å². The van der Waals surface area contributed by atoms with E-state index in [-0.39, 0.29) is 6.04 Å². The summed E-state index contributed by atoms with van der Waals surface area (Å²) in [6, 6.07) is 5.77. The fraction of sp³-hybridized carbons (Fsp3) is 0.333. The standard InChI is InChI=1S/C15H17F2N3/c1-2-6-19-15(14-5-7-18-10-20-14)9-11-3-4-12(16)13(17)8-11/h3-5,7-8,10,15,19H,2,6,9H2,1H3. The summed E-state index contributed by atoms with van der Waals surface area (Å²) in [5.74, 6) is -1.65. The SMILES string of the molecule is CCCNC(Cc1ccc(F)c(F)c1)c1ccncn1. The molecule has 2 rings (SSSR count). The van der Waals surface area contributed by atoms with Gasteiger partial charge < -0.3 is 5.32 Å². The summed E-state index contributed by atoms with van der Waals surface area (Å²) >= 11 is 0. The van der Waals surface area contributed by atoms with Gasteiger partial charge in [-0.3, -0.25) is 0 Å². The van der Waals surface area contributed by atoms with Crippen LogP contribution in [0.5, 0.6) is 0 Å². The van der Waals surface area contributed by atoms with E-state index in [1.165, 1.54) is 12.4 Å². The van der Waals surface area contributed by atoms with Crippen molar-refractivity contribution in [3.05, 3.63) is 59.7 Å². The largest absolute Gasteiger partial charge is 0.308 e. The Morgan fingerprint density at radius 2 is 2.05 bits per heavy atom. The van der Waals surface area contributed by atoms with Crippen molar-refractivity contribution in [1.82, 2.24) is 15.3 Å². The van der Waals surface area contributed by atoms with Gasteiger partial charge in [0.15, 0.2) is 11.6 Å². The van der Waals surface area contributed by atoms with Crippen LogP contribution in [0.4, 0.5) is 8.78 Å². The van der Waals surface area contributed by atoms with Gasteiger partial charge in [0.2, 0.25) is 0 Å². The molecule has 106 valence electrons. The predicted molar refractivity (Wildman–Crippen MR) is 73.1 cm³/mol. The zero-order chi connectivity index (χ0) is 14.4. The molecule has 1 aromatic carbocycles. The van der Waals surface area contributed by atoms with Gasteiger partial charge in [0.1, 0.15) is 6.33 Å². The van der Waals surface area contributed by atoms with E-state index in [1.54, 1.807) is 12.3 Å². The van der Waals surface area contributed by atoms with Gasteiger partial charge in [-0.05, 0) is 43.1 Å². The van der Waals surface area contributed by atoms with Crippen LogP contribution in [-0.2, 0) is 6.42 Å². The Morgan fingerprint density at radius 1 is 1.20 bits per heavy atom. The van der Waals surface area contributed by atoms with Gasteiger partial charge >= 0.3 is 0 Å². The third-order valence-corrected chi connectivity index (χ3v) is 3.03. The summed E-state index contributed by atoms with van der Waals surface area (Å²) in [5.41, 5.74) is 1.58. The molecule has 1 heterocycles. The molecular weight excluding hydrogens is 260 g/mol. The first-order valence-electron chi connectivity index (χ1n) is 6.64. The van der Waals surface area contributed by atoms with Crippen LogP contribution < -0.4 is 5.32 Å². The van der Waals surface area contributed by atoms with Gasteiger partial charge in [-0.2, -0.15) is 0 Å². The number of hydrogen-bond acceptors (Lipinski definition) is 3. The van der Waals surface area contributed by atoms with Gasteiger partial charge in [0, 0.05) is 6.20 Å². The molecule has 0 saturated heterocycles. The fourth-order valence-corrected chi connectivity index (χ4v) is 2.01. The number of halogens is 2. The van der Waals surface area contributed by atoms with Gasteiger partial charge in [-0.1, -0.05) is 13.0 Å². The highest BCUT2D eigenvalue weighted by Crippen LogP contribution is 2.18. The third-order valence-electron chi connectivity index (χ3n) is 3.03. The number of hydrogen-bond donors (Lipinski definition) is 1. The second-order valence-corrected chi connectivity index (χ2v) is 4.59. The minimum Gasteiger partial charge on any atom is -0.308 e. The van der Waals surface area contributed by atoms with E-state index in [0.29, 0.717) is 6.42 Å². The molecular formula is C15H17F2N3. The Balaban J connectivity index is 2.17. The van der Waals surface area contributed by atoms with Crippen molar-refractivity contribution < 1.29 is 8.78 Å². The molecule has 1 atom stereocenters. The quantitative estimate of drug-likeness (QED) is 0.882. The Morgan fingerprint density at radius 3 is 2.70 bits per heavy atom. The molecule has 0 spiro atoms.